The Morgan fingerprint density at radius 2 is 1.75 bits per heavy atom. The van der Waals surface area contributed by atoms with Crippen LogP contribution >= 0.6 is 0 Å². The van der Waals surface area contributed by atoms with Crippen LogP contribution in [0.25, 0.3) is 0 Å². The van der Waals surface area contributed by atoms with Gasteiger partial charge in [-0.15, -0.1) is 0 Å². The Labute approximate surface area is 97.6 Å². The van der Waals surface area contributed by atoms with Crippen molar-refractivity contribution in [3.05, 3.63) is 12.7 Å². The highest BCUT2D eigenvalue weighted by Gasteiger charge is 1.94. The fourth-order valence-electron chi connectivity index (χ4n) is 0.974. The average Bonchev–Trinajstić information content (AvgIpc) is 2.31. The molecule has 0 N–H and O–H groups in total. The van der Waals surface area contributed by atoms with Crippen molar-refractivity contribution in [2.45, 2.75) is 32.6 Å². The van der Waals surface area contributed by atoms with Gasteiger partial charge in [0.05, 0.1) is 6.61 Å². The zero-order chi connectivity index (χ0) is 12.1. The first kappa shape index (κ1) is 15.1. The molecule has 0 aliphatic heterocycles. The minimum Gasteiger partial charge on any atom is -0.435 e. The summed E-state index contributed by atoms with van der Waals surface area (Å²) in [5.41, 5.74) is 0. The van der Waals surface area contributed by atoms with Gasteiger partial charge in [0.25, 0.3) is 0 Å². The summed E-state index contributed by atoms with van der Waals surface area (Å²) in [5, 5.41) is 0. The lowest BCUT2D eigenvalue weighted by atomic mass is 10.3. The minimum atomic E-state index is -0.456. The second kappa shape index (κ2) is 12.2. The van der Waals surface area contributed by atoms with Gasteiger partial charge < -0.3 is 14.2 Å². The molecule has 0 heterocycles. The summed E-state index contributed by atoms with van der Waals surface area (Å²) in [4.78, 5) is 10.6. The van der Waals surface area contributed by atoms with E-state index in [0.717, 1.165) is 45.0 Å². The smallest absolute Gasteiger partial charge is 0.332 e. The number of ether oxygens (including phenoxy) is 3. The molecule has 0 aromatic heterocycles. The zero-order valence-electron chi connectivity index (χ0n) is 10.1. The number of hydrogen-bond donors (Lipinski definition) is 0. The van der Waals surface area contributed by atoms with Crippen LogP contribution in [0.5, 0.6) is 0 Å². The molecule has 0 atom stereocenters. The van der Waals surface area contributed by atoms with Gasteiger partial charge in [0, 0.05) is 19.3 Å². The van der Waals surface area contributed by atoms with E-state index in [2.05, 4.69) is 18.2 Å². The molecule has 0 radical (unpaired) electrons. The standard InChI is InChI=1S/C12H22O4/c1-3-5-8-14-9-6-7-10-15-11-16-12(13)4-2/h4H,2-3,5-11H2,1H3. The third-order valence-electron chi connectivity index (χ3n) is 1.92. The van der Waals surface area contributed by atoms with E-state index >= 15 is 0 Å². The van der Waals surface area contributed by atoms with Crippen LogP contribution in [0.15, 0.2) is 12.7 Å². The monoisotopic (exact) mass is 230 g/mol. The van der Waals surface area contributed by atoms with E-state index in [1.807, 2.05) is 0 Å². The third kappa shape index (κ3) is 11.2. The van der Waals surface area contributed by atoms with Gasteiger partial charge in [0.2, 0.25) is 0 Å². The summed E-state index contributed by atoms with van der Waals surface area (Å²) in [6, 6.07) is 0. The number of carbonyl (C=O) groups is 1. The van der Waals surface area contributed by atoms with Crippen molar-refractivity contribution in [1.29, 1.82) is 0 Å². The van der Waals surface area contributed by atoms with Crippen LogP contribution in [0, 0.1) is 0 Å². The molecule has 0 amide bonds. The molecule has 0 saturated heterocycles. The molecule has 0 spiro atoms. The van der Waals surface area contributed by atoms with Crippen molar-refractivity contribution in [2.24, 2.45) is 0 Å². The molecule has 4 nitrogen and oxygen atoms in total. The number of unbranched alkanes of at least 4 members (excludes halogenated alkanes) is 2. The maximum atomic E-state index is 10.6. The van der Waals surface area contributed by atoms with Crippen molar-refractivity contribution in [1.82, 2.24) is 0 Å². The van der Waals surface area contributed by atoms with Gasteiger partial charge in [-0.1, -0.05) is 19.9 Å². The molecule has 0 bridgehead atoms. The molecule has 0 aliphatic rings. The first-order chi connectivity index (χ1) is 7.81. The first-order valence-corrected chi connectivity index (χ1v) is 5.76. The Kier molecular flexibility index (Phi) is 11.5. The Bertz CT molecular complexity index is 180. The molecule has 16 heavy (non-hydrogen) atoms. The summed E-state index contributed by atoms with van der Waals surface area (Å²) >= 11 is 0. The Morgan fingerprint density at radius 1 is 1.12 bits per heavy atom. The highest BCUT2D eigenvalue weighted by atomic mass is 16.7. The van der Waals surface area contributed by atoms with E-state index in [-0.39, 0.29) is 6.79 Å². The van der Waals surface area contributed by atoms with E-state index in [0.29, 0.717) is 6.61 Å². The second-order valence-electron chi connectivity index (χ2n) is 3.37. The minimum absolute atomic E-state index is 0.00153. The van der Waals surface area contributed by atoms with Gasteiger partial charge in [0.15, 0.2) is 6.79 Å². The average molecular weight is 230 g/mol. The van der Waals surface area contributed by atoms with E-state index in [1.165, 1.54) is 0 Å². The fraction of sp³-hybridized carbons (Fsp3) is 0.750. The van der Waals surface area contributed by atoms with Crippen molar-refractivity contribution in [3.63, 3.8) is 0 Å². The van der Waals surface area contributed by atoms with Crippen LogP contribution < -0.4 is 0 Å². The van der Waals surface area contributed by atoms with E-state index in [9.17, 15) is 4.79 Å². The number of rotatable bonds is 11. The Morgan fingerprint density at radius 3 is 2.38 bits per heavy atom. The largest absolute Gasteiger partial charge is 0.435 e. The van der Waals surface area contributed by atoms with Crippen LogP contribution in [0.2, 0.25) is 0 Å². The maximum Gasteiger partial charge on any atom is 0.332 e. The summed E-state index contributed by atoms with van der Waals surface area (Å²) in [6.07, 6.45) is 5.29. The number of esters is 1. The topological polar surface area (TPSA) is 44.8 Å². The highest BCUT2D eigenvalue weighted by Crippen LogP contribution is 1.94. The lowest BCUT2D eigenvalue weighted by Gasteiger charge is -2.05. The molecular formula is C12H22O4. The fourth-order valence-corrected chi connectivity index (χ4v) is 0.974. The molecule has 4 heteroatoms. The molecule has 0 rings (SSSR count). The van der Waals surface area contributed by atoms with Crippen molar-refractivity contribution in [3.8, 4) is 0 Å². The molecule has 0 unspecified atom stereocenters. The van der Waals surface area contributed by atoms with Gasteiger partial charge in [-0.3, -0.25) is 0 Å². The molecular weight excluding hydrogens is 208 g/mol. The van der Waals surface area contributed by atoms with Crippen molar-refractivity contribution in [2.75, 3.05) is 26.6 Å². The zero-order valence-corrected chi connectivity index (χ0v) is 10.1. The third-order valence-corrected chi connectivity index (χ3v) is 1.92. The first-order valence-electron chi connectivity index (χ1n) is 5.76. The molecule has 0 aliphatic carbocycles. The molecule has 0 saturated carbocycles. The van der Waals surface area contributed by atoms with Gasteiger partial charge >= 0.3 is 5.97 Å². The van der Waals surface area contributed by atoms with Gasteiger partial charge in [-0.25, -0.2) is 4.79 Å². The predicted molar refractivity (Wildman–Crippen MR) is 62.1 cm³/mol. The normalized spacial score (nSPS) is 10.1. The highest BCUT2D eigenvalue weighted by molar-refractivity contribution is 5.81. The summed E-state index contributed by atoms with van der Waals surface area (Å²) in [6.45, 7) is 7.62. The van der Waals surface area contributed by atoms with Crippen molar-refractivity contribution < 1.29 is 19.0 Å². The molecule has 0 aromatic rings. The summed E-state index contributed by atoms with van der Waals surface area (Å²) in [7, 11) is 0. The van der Waals surface area contributed by atoms with Crippen molar-refractivity contribution >= 4 is 5.97 Å². The van der Waals surface area contributed by atoms with E-state index in [1.54, 1.807) is 0 Å². The predicted octanol–water partition coefficient (Wildman–Crippen LogP) is 2.29. The van der Waals surface area contributed by atoms with E-state index < -0.39 is 5.97 Å². The quantitative estimate of drug-likeness (QED) is 0.236. The molecule has 0 fully saturated rings. The lowest BCUT2D eigenvalue weighted by Crippen LogP contribution is -2.07. The van der Waals surface area contributed by atoms with Crippen LogP contribution in [0.1, 0.15) is 32.6 Å². The summed E-state index contributed by atoms with van der Waals surface area (Å²) in [5.74, 6) is -0.456. The maximum absolute atomic E-state index is 10.6. The molecule has 94 valence electrons. The second-order valence-corrected chi connectivity index (χ2v) is 3.37. The Hall–Kier alpha value is -0.870. The van der Waals surface area contributed by atoms with Gasteiger partial charge in [0.1, 0.15) is 0 Å². The van der Waals surface area contributed by atoms with Crippen LogP contribution in [0.4, 0.5) is 0 Å². The van der Waals surface area contributed by atoms with Crippen LogP contribution in [-0.2, 0) is 19.0 Å². The van der Waals surface area contributed by atoms with E-state index in [4.69, 9.17) is 9.47 Å². The van der Waals surface area contributed by atoms with Crippen LogP contribution in [-0.4, -0.2) is 32.6 Å². The number of carbonyl (C=O) groups excluding carboxylic acids is 1. The molecule has 0 aromatic carbocycles. The van der Waals surface area contributed by atoms with Gasteiger partial charge in [-0.2, -0.15) is 0 Å². The van der Waals surface area contributed by atoms with Crippen LogP contribution in [0.3, 0.4) is 0 Å². The summed E-state index contributed by atoms with van der Waals surface area (Å²) < 4.78 is 15.1. The number of hydrogen-bond acceptors (Lipinski definition) is 4. The lowest BCUT2D eigenvalue weighted by molar-refractivity contribution is -0.150. The van der Waals surface area contributed by atoms with Gasteiger partial charge in [-0.05, 0) is 19.3 Å². The SMILES string of the molecule is C=CC(=O)OCOCCCCOCCCC. The Balaban J connectivity index is 2.98.